The van der Waals surface area contributed by atoms with Crippen molar-refractivity contribution in [2.24, 2.45) is 5.92 Å². The predicted octanol–water partition coefficient (Wildman–Crippen LogP) is 1.81. The van der Waals surface area contributed by atoms with E-state index in [2.05, 4.69) is 27.1 Å². The minimum atomic E-state index is 0.128. The van der Waals surface area contributed by atoms with Crippen LogP contribution in [0.2, 0.25) is 0 Å². The highest BCUT2D eigenvalue weighted by Crippen LogP contribution is 2.23. The summed E-state index contributed by atoms with van der Waals surface area (Å²) >= 11 is 0. The maximum absolute atomic E-state index is 12.6. The summed E-state index contributed by atoms with van der Waals surface area (Å²) < 4.78 is 0. The summed E-state index contributed by atoms with van der Waals surface area (Å²) in [6.07, 6.45) is 4.61. The Balaban J connectivity index is 1.49. The molecule has 1 unspecified atom stereocenters. The van der Waals surface area contributed by atoms with E-state index in [1.165, 1.54) is 25.9 Å². The number of likely N-dealkylation sites (tertiary alicyclic amines) is 2. The van der Waals surface area contributed by atoms with E-state index in [-0.39, 0.29) is 11.8 Å². The summed E-state index contributed by atoms with van der Waals surface area (Å²) in [5, 5.41) is 3.09. The Bertz CT molecular complexity index is 554. The van der Waals surface area contributed by atoms with Gasteiger partial charge in [-0.15, -0.1) is 0 Å². The van der Waals surface area contributed by atoms with Gasteiger partial charge in [-0.25, -0.2) is 0 Å². The molecule has 1 aromatic rings. The average Bonchev–Trinajstić information content (AvgIpc) is 2.60. The molecule has 1 aromatic heterocycles. The van der Waals surface area contributed by atoms with Crippen LogP contribution in [0.4, 0.5) is 0 Å². The lowest BCUT2D eigenvalue weighted by molar-refractivity contribution is -0.127. The van der Waals surface area contributed by atoms with Crippen molar-refractivity contribution >= 4 is 5.91 Å². The molecular formula is C19H30N4O. The molecule has 3 heterocycles. The number of aromatic nitrogens is 1. The van der Waals surface area contributed by atoms with Crippen molar-refractivity contribution < 1.29 is 4.79 Å². The highest BCUT2D eigenvalue weighted by molar-refractivity contribution is 5.78. The first kappa shape index (κ1) is 17.4. The lowest BCUT2D eigenvalue weighted by atomic mass is 9.93. The van der Waals surface area contributed by atoms with Gasteiger partial charge in [0.05, 0.1) is 18.2 Å². The molecule has 24 heavy (non-hydrogen) atoms. The van der Waals surface area contributed by atoms with Crippen LogP contribution in [0.3, 0.4) is 0 Å². The van der Waals surface area contributed by atoms with Gasteiger partial charge in [0.2, 0.25) is 5.91 Å². The minimum Gasteiger partial charge on any atom is -0.350 e. The van der Waals surface area contributed by atoms with Crippen LogP contribution in [-0.4, -0.2) is 60.0 Å². The number of carbonyl (C=O) groups is 1. The Morgan fingerprint density at radius 1 is 1.25 bits per heavy atom. The lowest BCUT2D eigenvalue weighted by Gasteiger charge is -2.41. The summed E-state index contributed by atoms with van der Waals surface area (Å²) in [6.45, 7) is 6.93. The molecule has 2 aliphatic heterocycles. The first-order chi connectivity index (χ1) is 11.6. The molecule has 0 spiro atoms. The largest absolute Gasteiger partial charge is 0.350 e. The van der Waals surface area contributed by atoms with Crippen LogP contribution in [0.25, 0.3) is 0 Å². The molecular weight excluding hydrogens is 300 g/mol. The molecule has 5 heteroatoms. The zero-order chi connectivity index (χ0) is 16.9. The van der Waals surface area contributed by atoms with Crippen molar-refractivity contribution in [3.05, 3.63) is 29.6 Å². The second-order valence-corrected chi connectivity index (χ2v) is 7.36. The smallest absolute Gasteiger partial charge is 0.224 e. The van der Waals surface area contributed by atoms with Gasteiger partial charge in [0.1, 0.15) is 0 Å². The quantitative estimate of drug-likeness (QED) is 0.915. The Morgan fingerprint density at radius 3 is 2.79 bits per heavy atom. The molecule has 0 aromatic carbocycles. The molecule has 1 atom stereocenters. The number of rotatable bonds is 4. The van der Waals surface area contributed by atoms with E-state index in [1.54, 1.807) is 0 Å². The standard InChI is InChI=1S/C19H30N4O/c1-15-5-3-7-17(21-15)13-20-19(24)16-6-4-10-23(14-16)18-8-11-22(2)12-9-18/h3,5,7,16,18H,4,6,8-14H2,1-2H3,(H,20,24). The van der Waals surface area contributed by atoms with Crippen LogP contribution >= 0.6 is 0 Å². The number of hydrogen-bond donors (Lipinski definition) is 1. The molecule has 1 N–H and O–H groups in total. The maximum atomic E-state index is 12.6. The van der Waals surface area contributed by atoms with Crippen molar-refractivity contribution in [2.75, 3.05) is 33.2 Å². The predicted molar refractivity (Wildman–Crippen MR) is 95.6 cm³/mol. The molecule has 5 nitrogen and oxygen atoms in total. The third-order valence-corrected chi connectivity index (χ3v) is 5.42. The van der Waals surface area contributed by atoms with Gasteiger partial charge in [0.25, 0.3) is 0 Å². The summed E-state index contributed by atoms with van der Waals surface area (Å²) in [4.78, 5) is 22.0. The second-order valence-electron chi connectivity index (χ2n) is 7.36. The molecule has 2 aliphatic rings. The van der Waals surface area contributed by atoms with E-state index < -0.39 is 0 Å². The van der Waals surface area contributed by atoms with Crippen LogP contribution in [0, 0.1) is 12.8 Å². The van der Waals surface area contributed by atoms with Crippen LogP contribution in [0.15, 0.2) is 18.2 Å². The van der Waals surface area contributed by atoms with Crippen molar-refractivity contribution in [1.82, 2.24) is 20.1 Å². The fourth-order valence-electron chi connectivity index (χ4n) is 3.93. The van der Waals surface area contributed by atoms with Gasteiger partial charge < -0.3 is 10.2 Å². The van der Waals surface area contributed by atoms with E-state index in [4.69, 9.17) is 0 Å². The Kier molecular flexibility index (Phi) is 5.85. The van der Waals surface area contributed by atoms with Crippen LogP contribution < -0.4 is 5.32 Å². The Morgan fingerprint density at radius 2 is 2.04 bits per heavy atom. The van der Waals surface area contributed by atoms with E-state index in [0.717, 1.165) is 37.3 Å². The monoisotopic (exact) mass is 330 g/mol. The fraction of sp³-hybridized carbons (Fsp3) is 0.684. The third-order valence-electron chi connectivity index (χ3n) is 5.42. The first-order valence-electron chi connectivity index (χ1n) is 9.24. The average molecular weight is 330 g/mol. The number of piperidine rings is 2. The minimum absolute atomic E-state index is 0.128. The van der Waals surface area contributed by atoms with E-state index in [0.29, 0.717) is 12.6 Å². The molecule has 2 saturated heterocycles. The summed E-state index contributed by atoms with van der Waals surface area (Å²) in [6, 6.07) is 6.60. The second kappa shape index (κ2) is 8.08. The van der Waals surface area contributed by atoms with Gasteiger partial charge in [-0.05, 0) is 71.4 Å². The van der Waals surface area contributed by atoms with E-state index in [9.17, 15) is 4.79 Å². The Labute approximate surface area is 145 Å². The fourth-order valence-corrected chi connectivity index (χ4v) is 3.93. The molecule has 3 rings (SSSR count). The topological polar surface area (TPSA) is 48.5 Å². The van der Waals surface area contributed by atoms with Gasteiger partial charge >= 0.3 is 0 Å². The number of carbonyl (C=O) groups excluding carboxylic acids is 1. The number of pyridine rings is 1. The highest BCUT2D eigenvalue weighted by Gasteiger charge is 2.31. The molecule has 0 bridgehead atoms. The number of nitrogens with one attached hydrogen (secondary N) is 1. The van der Waals surface area contributed by atoms with E-state index >= 15 is 0 Å². The number of amides is 1. The zero-order valence-corrected chi connectivity index (χ0v) is 15.0. The van der Waals surface area contributed by atoms with Crippen LogP contribution in [-0.2, 0) is 11.3 Å². The lowest BCUT2D eigenvalue weighted by Crippen LogP contribution is -2.50. The number of hydrogen-bond acceptors (Lipinski definition) is 4. The summed E-state index contributed by atoms with van der Waals surface area (Å²) in [5.74, 6) is 0.319. The third kappa shape index (κ3) is 4.54. The van der Waals surface area contributed by atoms with E-state index in [1.807, 2.05) is 25.1 Å². The van der Waals surface area contributed by atoms with Crippen molar-refractivity contribution in [3.63, 3.8) is 0 Å². The van der Waals surface area contributed by atoms with Crippen molar-refractivity contribution in [2.45, 2.75) is 45.2 Å². The van der Waals surface area contributed by atoms with Crippen molar-refractivity contribution in [1.29, 1.82) is 0 Å². The number of aryl methyl sites for hydroxylation is 1. The Hall–Kier alpha value is -1.46. The first-order valence-corrected chi connectivity index (χ1v) is 9.24. The van der Waals surface area contributed by atoms with Gasteiger partial charge in [-0.3, -0.25) is 14.7 Å². The van der Waals surface area contributed by atoms with Crippen molar-refractivity contribution in [3.8, 4) is 0 Å². The zero-order valence-electron chi connectivity index (χ0n) is 15.0. The summed E-state index contributed by atoms with van der Waals surface area (Å²) in [5.41, 5.74) is 1.93. The summed E-state index contributed by atoms with van der Waals surface area (Å²) in [7, 11) is 2.20. The van der Waals surface area contributed by atoms with Gasteiger partial charge in [-0.1, -0.05) is 6.07 Å². The van der Waals surface area contributed by atoms with Gasteiger partial charge in [0.15, 0.2) is 0 Å². The molecule has 1 amide bonds. The van der Waals surface area contributed by atoms with Gasteiger partial charge in [-0.2, -0.15) is 0 Å². The highest BCUT2D eigenvalue weighted by atomic mass is 16.1. The number of nitrogens with zero attached hydrogens (tertiary/aromatic N) is 3. The molecule has 0 saturated carbocycles. The maximum Gasteiger partial charge on any atom is 0.224 e. The SMILES string of the molecule is Cc1cccc(CNC(=O)C2CCCN(C3CCN(C)CC3)C2)n1. The normalized spacial score (nSPS) is 24.0. The van der Waals surface area contributed by atoms with Crippen LogP contribution in [0.5, 0.6) is 0 Å². The molecule has 2 fully saturated rings. The molecule has 0 aliphatic carbocycles. The van der Waals surface area contributed by atoms with Gasteiger partial charge in [0, 0.05) is 18.3 Å². The molecule has 0 radical (unpaired) electrons. The van der Waals surface area contributed by atoms with Crippen LogP contribution in [0.1, 0.15) is 37.1 Å². The molecule has 132 valence electrons.